The molecule has 0 spiro atoms. The summed E-state index contributed by atoms with van der Waals surface area (Å²) < 4.78 is 2.00. The van der Waals surface area contributed by atoms with Crippen LogP contribution in [0.4, 0.5) is 5.69 Å². The summed E-state index contributed by atoms with van der Waals surface area (Å²) in [7, 11) is 0. The summed E-state index contributed by atoms with van der Waals surface area (Å²) in [6, 6.07) is 26.0. The van der Waals surface area contributed by atoms with E-state index >= 15 is 0 Å². The van der Waals surface area contributed by atoms with Crippen LogP contribution in [-0.4, -0.2) is 26.4 Å². The number of hydrogen-bond donors (Lipinski definition) is 1. The molecular weight excluding hydrogens is 404 g/mol. The van der Waals surface area contributed by atoms with Gasteiger partial charge in [0.1, 0.15) is 0 Å². The molecule has 6 heteroatoms. The van der Waals surface area contributed by atoms with Crippen LogP contribution in [0, 0.1) is 6.92 Å². The molecule has 0 saturated carbocycles. The lowest BCUT2D eigenvalue weighted by molar-refractivity contribution is -0.113. The highest BCUT2D eigenvalue weighted by Crippen LogP contribution is 2.28. The molecule has 31 heavy (non-hydrogen) atoms. The monoisotopic (exact) mass is 428 g/mol. The third-order valence-corrected chi connectivity index (χ3v) is 5.95. The minimum atomic E-state index is -0.0575. The summed E-state index contributed by atoms with van der Waals surface area (Å²) in [5.41, 5.74) is 5.04. The fourth-order valence-electron chi connectivity index (χ4n) is 3.46. The largest absolute Gasteiger partial charge is 0.325 e. The van der Waals surface area contributed by atoms with Crippen LogP contribution in [0.2, 0.25) is 0 Å². The predicted molar refractivity (Wildman–Crippen MR) is 127 cm³/mol. The number of benzene rings is 3. The average Bonchev–Trinajstić information content (AvgIpc) is 3.24. The number of rotatable bonds is 7. The van der Waals surface area contributed by atoms with Crippen LogP contribution in [0.25, 0.3) is 17.1 Å². The molecule has 0 saturated heterocycles. The van der Waals surface area contributed by atoms with E-state index in [0.717, 1.165) is 40.3 Å². The number of nitrogens with one attached hydrogen (secondary N) is 1. The van der Waals surface area contributed by atoms with E-state index in [9.17, 15) is 4.79 Å². The molecule has 156 valence electrons. The first-order valence-electron chi connectivity index (χ1n) is 10.2. The van der Waals surface area contributed by atoms with Gasteiger partial charge in [-0.15, -0.1) is 10.2 Å². The van der Waals surface area contributed by atoms with Gasteiger partial charge < -0.3 is 5.32 Å². The van der Waals surface area contributed by atoms with Crippen molar-refractivity contribution in [3.63, 3.8) is 0 Å². The Bertz CT molecular complexity index is 1170. The molecule has 0 aliphatic carbocycles. The van der Waals surface area contributed by atoms with Crippen molar-refractivity contribution < 1.29 is 4.79 Å². The molecule has 0 bridgehead atoms. The van der Waals surface area contributed by atoms with Gasteiger partial charge in [0.15, 0.2) is 11.0 Å². The molecule has 0 aliphatic rings. The van der Waals surface area contributed by atoms with Gasteiger partial charge in [0.05, 0.1) is 5.75 Å². The zero-order valence-electron chi connectivity index (χ0n) is 17.6. The number of carbonyl (C=O) groups excluding carboxylic acids is 1. The van der Waals surface area contributed by atoms with E-state index in [2.05, 4.69) is 22.4 Å². The Morgan fingerprint density at radius 1 is 0.935 bits per heavy atom. The standard InChI is InChI=1S/C25H24N4OS/c1-3-19-14-10-11-18(2)23(19)26-22(30)17-31-25-28-27-24(20-12-6-4-7-13-20)29(25)21-15-8-5-9-16-21/h4-16H,3,17H2,1-2H3,(H,26,30). The number of aromatic nitrogens is 3. The van der Waals surface area contributed by atoms with Gasteiger partial charge in [-0.3, -0.25) is 9.36 Å². The molecule has 1 aromatic heterocycles. The van der Waals surface area contributed by atoms with Gasteiger partial charge in [0, 0.05) is 16.9 Å². The highest BCUT2D eigenvalue weighted by Gasteiger charge is 2.17. The van der Waals surface area contributed by atoms with Crippen molar-refractivity contribution in [1.29, 1.82) is 0 Å². The summed E-state index contributed by atoms with van der Waals surface area (Å²) in [6.45, 7) is 4.10. The lowest BCUT2D eigenvalue weighted by atomic mass is 10.1. The zero-order chi connectivity index (χ0) is 21.6. The molecule has 0 radical (unpaired) electrons. The van der Waals surface area contributed by atoms with Crippen LogP contribution >= 0.6 is 11.8 Å². The topological polar surface area (TPSA) is 59.8 Å². The van der Waals surface area contributed by atoms with E-state index in [-0.39, 0.29) is 11.7 Å². The Balaban J connectivity index is 1.58. The summed E-state index contributed by atoms with van der Waals surface area (Å²) >= 11 is 1.38. The van der Waals surface area contributed by atoms with E-state index in [0.29, 0.717) is 5.16 Å². The second kappa shape index (κ2) is 9.62. The predicted octanol–water partition coefficient (Wildman–Crippen LogP) is 5.54. The lowest BCUT2D eigenvalue weighted by Crippen LogP contribution is -2.16. The van der Waals surface area contributed by atoms with Crippen LogP contribution in [0.3, 0.4) is 0 Å². The van der Waals surface area contributed by atoms with Crippen molar-refractivity contribution in [2.45, 2.75) is 25.4 Å². The highest BCUT2D eigenvalue weighted by atomic mass is 32.2. The van der Waals surface area contributed by atoms with Gasteiger partial charge >= 0.3 is 0 Å². The van der Waals surface area contributed by atoms with Crippen molar-refractivity contribution in [2.24, 2.45) is 0 Å². The smallest absolute Gasteiger partial charge is 0.234 e. The molecule has 0 fully saturated rings. The van der Waals surface area contributed by atoms with Crippen LogP contribution < -0.4 is 5.32 Å². The van der Waals surface area contributed by atoms with Crippen LogP contribution in [0.1, 0.15) is 18.1 Å². The molecule has 1 heterocycles. The number of nitrogens with zero attached hydrogens (tertiary/aromatic N) is 3. The van der Waals surface area contributed by atoms with Crippen molar-refractivity contribution in [3.8, 4) is 17.1 Å². The van der Waals surface area contributed by atoms with Crippen LogP contribution in [0.5, 0.6) is 0 Å². The zero-order valence-corrected chi connectivity index (χ0v) is 18.4. The number of thioether (sulfide) groups is 1. The second-order valence-corrected chi connectivity index (χ2v) is 8.09. The Kier molecular flexibility index (Phi) is 6.48. The Hall–Kier alpha value is -3.38. The maximum atomic E-state index is 12.7. The Labute approximate surface area is 186 Å². The van der Waals surface area contributed by atoms with E-state index in [1.165, 1.54) is 11.8 Å². The molecule has 4 rings (SSSR count). The van der Waals surface area contributed by atoms with E-state index < -0.39 is 0 Å². The minimum absolute atomic E-state index is 0.0575. The molecule has 0 atom stereocenters. The summed E-state index contributed by atoms with van der Waals surface area (Å²) in [5, 5.41) is 12.6. The van der Waals surface area contributed by atoms with Crippen molar-refractivity contribution >= 4 is 23.4 Å². The van der Waals surface area contributed by atoms with Gasteiger partial charge in [0.2, 0.25) is 5.91 Å². The molecule has 4 aromatic rings. The number of para-hydroxylation sites is 2. The van der Waals surface area contributed by atoms with Gasteiger partial charge in [-0.1, -0.05) is 85.4 Å². The number of amides is 1. The molecular formula is C25H24N4OS. The first-order valence-corrected chi connectivity index (χ1v) is 11.2. The fourth-order valence-corrected chi connectivity index (χ4v) is 4.21. The number of carbonyl (C=O) groups is 1. The van der Waals surface area contributed by atoms with E-state index in [4.69, 9.17) is 0 Å². The number of hydrogen-bond acceptors (Lipinski definition) is 4. The van der Waals surface area contributed by atoms with Crippen LogP contribution in [-0.2, 0) is 11.2 Å². The molecule has 3 aromatic carbocycles. The molecule has 0 unspecified atom stereocenters. The van der Waals surface area contributed by atoms with Gasteiger partial charge in [0.25, 0.3) is 0 Å². The summed E-state index contributed by atoms with van der Waals surface area (Å²) in [4.78, 5) is 12.7. The quantitative estimate of drug-likeness (QED) is 0.393. The van der Waals surface area contributed by atoms with Crippen molar-refractivity contribution in [2.75, 3.05) is 11.1 Å². The average molecular weight is 429 g/mol. The van der Waals surface area contributed by atoms with Gasteiger partial charge in [-0.25, -0.2) is 0 Å². The summed E-state index contributed by atoms with van der Waals surface area (Å²) in [5.74, 6) is 0.941. The van der Waals surface area contributed by atoms with Gasteiger partial charge in [-0.05, 0) is 36.6 Å². The Morgan fingerprint density at radius 2 is 1.65 bits per heavy atom. The summed E-state index contributed by atoms with van der Waals surface area (Å²) in [6.07, 6.45) is 0.868. The third-order valence-electron chi connectivity index (χ3n) is 5.02. The number of anilines is 1. The normalized spacial score (nSPS) is 10.8. The van der Waals surface area contributed by atoms with E-state index in [1.807, 2.05) is 90.4 Å². The van der Waals surface area contributed by atoms with Crippen molar-refractivity contribution in [1.82, 2.24) is 14.8 Å². The molecule has 1 N–H and O–H groups in total. The SMILES string of the molecule is CCc1cccc(C)c1NC(=O)CSc1nnc(-c2ccccc2)n1-c1ccccc1. The fraction of sp³-hybridized carbons (Fsp3) is 0.160. The van der Waals surface area contributed by atoms with Crippen molar-refractivity contribution in [3.05, 3.63) is 90.0 Å². The maximum Gasteiger partial charge on any atom is 0.234 e. The Morgan fingerprint density at radius 3 is 2.35 bits per heavy atom. The van der Waals surface area contributed by atoms with Gasteiger partial charge in [-0.2, -0.15) is 0 Å². The third kappa shape index (κ3) is 4.70. The molecule has 0 aliphatic heterocycles. The van der Waals surface area contributed by atoms with E-state index in [1.54, 1.807) is 0 Å². The first-order chi connectivity index (χ1) is 15.2. The maximum absolute atomic E-state index is 12.7. The minimum Gasteiger partial charge on any atom is -0.325 e. The second-order valence-electron chi connectivity index (χ2n) is 7.14. The molecule has 1 amide bonds. The lowest BCUT2D eigenvalue weighted by Gasteiger charge is -2.13. The molecule has 5 nitrogen and oxygen atoms in total. The number of aryl methyl sites for hydroxylation is 2. The highest BCUT2D eigenvalue weighted by molar-refractivity contribution is 7.99. The van der Waals surface area contributed by atoms with Crippen LogP contribution in [0.15, 0.2) is 84.0 Å². The first kappa shape index (κ1) is 20.9.